The van der Waals surface area contributed by atoms with Gasteiger partial charge in [-0.3, -0.25) is 9.69 Å². The number of hydrogen-bond donors (Lipinski definition) is 0. The molecule has 0 spiro atoms. The van der Waals surface area contributed by atoms with Gasteiger partial charge in [-0.25, -0.2) is 9.59 Å². The molecule has 1 amide bonds. The summed E-state index contributed by atoms with van der Waals surface area (Å²) in [6, 6.07) is 12.1. The molecule has 0 radical (unpaired) electrons. The maximum atomic E-state index is 13.2. The number of hydrogen-bond acceptors (Lipinski definition) is 9. The van der Waals surface area contributed by atoms with Crippen LogP contribution < -0.4 is 14.2 Å². The summed E-state index contributed by atoms with van der Waals surface area (Å²) in [5.41, 5.74) is -0.181. The molecule has 0 aliphatic carbocycles. The minimum absolute atomic E-state index is 0.178. The van der Waals surface area contributed by atoms with E-state index < -0.39 is 29.9 Å². The summed E-state index contributed by atoms with van der Waals surface area (Å²) in [4.78, 5) is 39.6. The van der Waals surface area contributed by atoms with Gasteiger partial charge in [-0.15, -0.1) is 0 Å². The van der Waals surface area contributed by atoms with E-state index in [4.69, 9.17) is 28.4 Å². The molecular weight excluding hydrogens is 494 g/mol. The van der Waals surface area contributed by atoms with Crippen LogP contribution in [0.5, 0.6) is 17.2 Å². The fourth-order valence-corrected chi connectivity index (χ4v) is 3.85. The predicted molar refractivity (Wildman–Crippen MR) is 139 cm³/mol. The van der Waals surface area contributed by atoms with Crippen LogP contribution in [0.4, 0.5) is 4.79 Å². The van der Waals surface area contributed by atoms with Gasteiger partial charge in [0.25, 0.3) is 0 Å². The number of likely N-dealkylation sites (N-methyl/N-ethyl adjacent to an activating group) is 1. The molecular formula is C28H37NO9. The van der Waals surface area contributed by atoms with Crippen molar-refractivity contribution < 1.29 is 42.8 Å². The average Bonchev–Trinajstić information content (AvgIpc) is 2.92. The summed E-state index contributed by atoms with van der Waals surface area (Å²) in [5.74, 6) is -0.574. The van der Waals surface area contributed by atoms with Gasteiger partial charge < -0.3 is 28.4 Å². The zero-order valence-electron chi connectivity index (χ0n) is 23.2. The predicted octanol–water partition coefficient (Wildman–Crippen LogP) is 4.79. The van der Waals surface area contributed by atoms with Crippen molar-refractivity contribution in [3.63, 3.8) is 0 Å². The van der Waals surface area contributed by atoms with E-state index in [1.165, 1.54) is 45.3 Å². The molecule has 0 N–H and O–H groups in total. The third-order valence-corrected chi connectivity index (χ3v) is 6.17. The Balaban J connectivity index is 2.35. The maximum absolute atomic E-state index is 13.2. The van der Waals surface area contributed by atoms with Gasteiger partial charge in [0, 0.05) is 14.0 Å². The third-order valence-electron chi connectivity index (χ3n) is 6.17. The second-order valence-electron chi connectivity index (χ2n) is 8.84. The number of ether oxygens (including phenoxy) is 6. The summed E-state index contributed by atoms with van der Waals surface area (Å²) < 4.78 is 32.3. The fourth-order valence-electron chi connectivity index (χ4n) is 3.85. The van der Waals surface area contributed by atoms with Crippen molar-refractivity contribution in [2.75, 3.05) is 35.0 Å². The van der Waals surface area contributed by atoms with Crippen molar-refractivity contribution in [2.45, 2.75) is 45.9 Å². The van der Waals surface area contributed by atoms with Crippen molar-refractivity contribution in [3.05, 3.63) is 53.6 Å². The van der Waals surface area contributed by atoms with Gasteiger partial charge in [0.15, 0.2) is 11.5 Å². The van der Waals surface area contributed by atoms with E-state index in [1.54, 1.807) is 20.9 Å². The number of esters is 2. The quantitative estimate of drug-likeness (QED) is 0.282. The van der Waals surface area contributed by atoms with Gasteiger partial charge in [0.05, 0.1) is 32.8 Å². The molecule has 0 aliphatic heterocycles. The Morgan fingerprint density at radius 1 is 0.895 bits per heavy atom. The number of carbonyl (C=O) groups is 3. The monoisotopic (exact) mass is 531 g/mol. The number of carbonyl (C=O) groups excluding carboxylic acids is 3. The summed E-state index contributed by atoms with van der Waals surface area (Å²) in [7, 11) is 5.91. The van der Waals surface area contributed by atoms with E-state index >= 15 is 0 Å². The number of rotatable bonds is 12. The second kappa shape index (κ2) is 13.6. The van der Waals surface area contributed by atoms with Crippen LogP contribution in [0.15, 0.2) is 42.5 Å². The highest BCUT2D eigenvalue weighted by atomic mass is 16.7. The SMILES string of the molecule is CC[C@@](COC(=O)c1cc(OC)c(OC)c(OC)c1)(c1ccccc1)N(C)C(=O)O[C@H](C)OC(=O)C(C)C. The van der Waals surface area contributed by atoms with Crippen molar-refractivity contribution in [1.82, 2.24) is 4.90 Å². The molecule has 208 valence electrons. The lowest BCUT2D eigenvalue weighted by Gasteiger charge is -2.40. The molecule has 2 aromatic carbocycles. The van der Waals surface area contributed by atoms with Gasteiger partial charge in [0.1, 0.15) is 12.1 Å². The lowest BCUT2D eigenvalue weighted by Crippen LogP contribution is -2.51. The first-order valence-corrected chi connectivity index (χ1v) is 12.2. The summed E-state index contributed by atoms with van der Waals surface area (Å²) in [6.45, 7) is 6.51. The molecule has 0 saturated heterocycles. The van der Waals surface area contributed by atoms with E-state index in [0.717, 1.165) is 5.56 Å². The molecule has 0 bridgehead atoms. The number of methoxy groups -OCH3 is 3. The molecule has 10 nitrogen and oxygen atoms in total. The number of nitrogens with zero attached hydrogens (tertiary/aromatic N) is 1. The minimum atomic E-state index is -1.10. The van der Waals surface area contributed by atoms with E-state index in [9.17, 15) is 14.4 Å². The highest BCUT2D eigenvalue weighted by molar-refractivity contribution is 5.91. The summed E-state index contributed by atoms with van der Waals surface area (Å²) in [5, 5.41) is 0. The molecule has 0 saturated carbocycles. The Kier molecular flexibility index (Phi) is 10.8. The van der Waals surface area contributed by atoms with Crippen molar-refractivity contribution in [1.29, 1.82) is 0 Å². The molecule has 0 fully saturated rings. The van der Waals surface area contributed by atoms with Crippen LogP contribution in [0.25, 0.3) is 0 Å². The van der Waals surface area contributed by atoms with Gasteiger partial charge >= 0.3 is 18.0 Å². The van der Waals surface area contributed by atoms with E-state index in [1.807, 2.05) is 37.3 Å². The Labute approximate surface area is 223 Å². The van der Waals surface area contributed by atoms with Crippen LogP contribution in [0.2, 0.25) is 0 Å². The highest BCUT2D eigenvalue weighted by Crippen LogP contribution is 2.39. The van der Waals surface area contributed by atoms with Crippen LogP contribution in [0.1, 0.15) is 50.0 Å². The van der Waals surface area contributed by atoms with Crippen molar-refractivity contribution >= 4 is 18.0 Å². The van der Waals surface area contributed by atoms with E-state index in [0.29, 0.717) is 23.7 Å². The largest absolute Gasteiger partial charge is 0.493 e. The van der Waals surface area contributed by atoms with Crippen molar-refractivity contribution in [3.8, 4) is 17.2 Å². The topological polar surface area (TPSA) is 110 Å². The third kappa shape index (κ3) is 6.87. The molecule has 2 atom stereocenters. The van der Waals surface area contributed by atoms with Crippen LogP contribution >= 0.6 is 0 Å². The lowest BCUT2D eigenvalue weighted by molar-refractivity contribution is -0.170. The zero-order chi connectivity index (χ0) is 28.5. The summed E-state index contributed by atoms with van der Waals surface area (Å²) >= 11 is 0. The average molecular weight is 532 g/mol. The first-order chi connectivity index (χ1) is 18.0. The first kappa shape index (κ1) is 30.3. The molecule has 38 heavy (non-hydrogen) atoms. The van der Waals surface area contributed by atoms with Gasteiger partial charge in [-0.1, -0.05) is 51.1 Å². The highest BCUT2D eigenvalue weighted by Gasteiger charge is 2.41. The number of benzene rings is 2. The molecule has 2 aromatic rings. The number of amides is 1. The maximum Gasteiger partial charge on any atom is 0.413 e. The van der Waals surface area contributed by atoms with Gasteiger partial charge in [0.2, 0.25) is 12.0 Å². The normalized spacial score (nSPS) is 13.1. The lowest BCUT2D eigenvalue weighted by atomic mass is 9.86. The molecule has 0 aromatic heterocycles. The standard InChI is InChI=1S/C28H37NO9/c1-9-28(21-13-11-10-12-14-21,29(5)27(32)38-19(4)37-25(30)18(2)3)17-36-26(31)20-15-22(33-6)24(35-8)23(16-20)34-7/h10-16,18-19H,9,17H2,1-8H3/t19-,28-/m1/s1. The Bertz CT molecular complexity index is 1080. The Morgan fingerprint density at radius 3 is 1.95 bits per heavy atom. The zero-order valence-corrected chi connectivity index (χ0v) is 23.2. The van der Waals surface area contributed by atoms with E-state index in [-0.39, 0.29) is 18.1 Å². The van der Waals surface area contributed by atoms with Gasteiger partial charge in [-0.2, -0.15) is 0 Å². The minimum Gasteiger partial charge on any atom is -0.493 e. The fraction of sp³-hybridized carbons (Fsp3) is 0.464. The molecule has 2 rings (SSSR count). The molecule has 0 aliphatic rings. The molecule has 10 heteroatoms. The first-order valence-electron chi connectivity index (χ1n) is 12.2. The van der Waals surface area contributed by atoms with Crippen LogP contribution in [0.3, 0.4) is 0 Å². The van der Waals surface area contributed by atoms with Crippen LogP contribution in [0, 0.1) is 5.92 Å². The van der Waals surface area contributed by atoms with Crippen LogP contribution in [-0.2, 0) is 24.5 Å². The molecule has 0 heterocycles. The van der Waals surface area contributed by atoms with Crippen molar-refractivity contribution in [2.24, 2.45) is 5.92 Å². The molecule has 0 unspecified atom stereocenters. The van der Waals surface area contributed by atoms with Gasteiger partial charge in [-0.05, 0) is 24.1 Å². The smallest absolute Gasteiger partial charge is 0.413 e. The second-order valence-corrected chi connectivity index (χ2v) is 8.84. The van der Waals surface area contributed by atoms with E-state index in [2.05, 4.69) is 0 Å². The summed E-state index contributed by atoms with van der Waals surface area (Å²) in [6.07, 6.45) is -1.47. The Hall–Kier alpha value is -3.95. The Morgan fingerprint density at radius 2 is 1.47 bits per heavy atom. The van der Waals surface area contributed by atoms with Crippen LogP contribution in [-0.4, -0.2) is 64.2 Å².